The van der Waals surface area contributed by atoms with Crippen LogP contribution in [0.5, 0.6) is 5.75 Å². The van der Waals surface area contributed by atoms with E-state index in [-0.39, 0.29) is 11.3 Å². The first kappa shape index (κ1) is 19.6. The zero-order valence-electron chi connectivity index (χ0n) is 16.0. The van der Waals surface area contributed by atoms with E-state index in [1.54, 1.807) is 25.3 Å². The van der Waals surface area contributed by atoms with Crippen LogP contribution in [-0.2, 0) is 9.59 Å². The number of carbonyl (C=O) groups excluding carboxylic acids is 2. The molecule has 28 heavy (non-hydrogen) atoms. The van der Waals surface area contributed by atoms with Gasteiger partial charge in [-0.1, -0.05) is 19.1 Å². The zero-order valence-corrected chi connectivity index (χ0v) is 16.0. The molecule has 146 valence electrons. The predicted molar refractivity (Wildman–Crippen MR) is 103 cm³/mol. The van der Waals surface area contributed by atoms with Gasteiger partial charge in [-0.05, 0) is 54.8 Å². The highest BCUT2D eigenvalue weighted by atomic mass is 19.1. The van der Waals surface area contributed by atoms with Crippen LogP contribution in [0.25, 0.3) is 5.76 Å². The fourth-order valence-electron chi connectivity index (χ4n) is 3.52. The molecule has 1 unspecified atom stereocenters. The van der Waals surface area contributed by atoms with Gasteiger partial charge in [0.15, 0.2) is 0 Å². The van der Waals surface area contributed by atoms with Gasteiger partial charge >= 0.3 is 0 Å². The highest BCUT2D eigenvalue weighted by Crippen LogP contribution is 2.39. The number of amides is 1. The van der Waals surface area contributed by atoms with Gasteiger partial charge in [0.2, 0.25) is 0 Å². The number of carbonyl (C=O) groups is 2. The maximum atomic E-state index is 13.4. The van der Waals surface area contributed by atoms with Crippen molar-refractivity contribution in [3.63, 3.8) is 0 Å². The summed E-state index contributed by atoms with van der Waals surface area (Å²) < 4.78 is 18.6. The summed E-state index contributed by atoms with van der Waals surface area (Å²) in [6.07, 6.45) is 0.645. The van der Waals surface area contributed by atoms with Gasteiger partial charge < -0.3 is 14.7 Å². The minimum Gasteiger partial charge on any atom is -0.507 e. The number of aliphatic hydroxyl groups excluding tert-OH is 1. The Bertz CT molecular complexity index is 950. The van der Waals surface area contributed by atoms with Crippen LogP contribution < -0.4 is 4.74 Å². The van der Waals surface area contributed by atoms with Crippen molar-refractivity contribution in [1.82, 2.24) is 4.90 Å². The Morgan fingerprint density at radius 1 is 1.18 bits per heavy atom. The van der Waals surface area contributed by atoms with E-state index in [0.717, 1.165) is 5.56 Å². The highest BCUT2D eigenvalue weighted by molar-refractivity contribution is 6.46. The number of methoxy groups -OCH3 is 1. The van der Waals surface area contributed by atoms with Crippen LogP contribution in [0.15, 0.2) is 48.0 Å². The Morgan fingerprint density at radius 2 is 1.86 bits per heavy atom. The fourth-order valence-corrected chi connectivity index (χ4v) is 3.52. The van der Waals surface area contributed by atoms with Gasteiger partial charge in [0.25, 0.3) is 11.7 Å². The number of aliphatic hydroxyl groups is 1. The maximum absolute atomic E-state index is 13.4. The largest absolute Gasteiger partial charge is 0.507 e. The van der Waals surface area contributed by atoms with E-state index in [9.17, 15) is 19.1 Å². The molecule has 3 rings (SSSR count). The molecule has 1 saturated heterocycles. The van der Waals surface area contributed by atoms with Crippen LogP contribution in [-0.4, -0.2) is 35.4 Å². The molecule has 0 aromatic heterocycles. The molecular weight excluding hydrogens is 361 g/mol. The Kier molecular flexibility index (Phi) is 5.49. The second-order valence-electron chi connectivity index (χ2n) is 6.73. The maximum Gasteiger partial charge on any atom is 0.295 e. The molecule has 1 aliphatic heterocycles. The number of ether oxygens (including phenoxy) is 1. The molecule has 2 aromatic rings. The highest BCUT2D eigenvalue weighted by Gasteiger charge is 2.45. The van der Waals surface area contributed by atoms with Gasteiger partial charge in [0.05, 0.1) is 18.7 Å². The molecule has 0 spiro atoms. The molecule has 1 aliphatic rings. The molecule has 6 heteroatoms. The SMILES string of the molecule is CCCN1C(=O)C(=O)/C(=C(\O)c2ccc(OC)c(C)c2)C1c1ccc(F)cc1. The van der Waals surface area contributed by atoms with Crippen LogP contribution in [0.1, 0.15) is 36.1 Å². The first-order valence-electron chi connectivity index (χ1n) is 9.08. The molecule has 0 aliphatic carbocycles. The molecule has 1 fully saturated rings. The van der Waals surface area contributed by atoms with Crippen LogP contribution in [0.3, 0.4) is 0 Å². The molecule has 5 nitrogen and oxygen atoms in total. The van der Waals surface area contributed by atoms with Crippen molar-refractivity contribution < 1.29 is 23.8 Å². The summed E-state index contributed by atoms with van der Waals surface area (Å²) in [6.45, 7) is 4.07. The first-order chi connectivity index (χ1) is 13.4. The van der Waals surface area contributed by atoms with Crippen molar-refractivity contribution in [2.24, 2.45) is 0 Å². The third kappa shape index (κ3) is 3.38. The van der Waals surface area contributed by atoms with E-state index in [4.69, 9.17) is 4.74 Å². The standard InChI is InChI=1S/C22H22FNO4/c1-4-11-24-19(14-5-8-16(23)9-6-14)18(21(26)22(24)27)20(25)15-7-10-17(28-3)13(2)12-15/h5-10,12,19,25H,4,11H2,1-3H3/b20-18-. The molecule has 2 aromatic carbocycles. The van der Waals surface area contributed by atoms with Crippen LogP contribution in [0.2, 0.25) is 0 Å². The summed E-state index contributed by atoms with van der Waals surface area (Å²) in [5, 5.41) is 10.9. The van der Waals surface area contributed by atoms with Crippen molar-refractivity contribution in [1.29, 1.82) is 0 Å². The molecule has 1 N–H and O–H groups in total. The Hall–Kier alpha value is -3.15. The monoisotopic (exact) mass is 383 g/mol. The van der Waals surface area contributed by atoms with Crippen LogP contribution >= 0.6 is 0 Å². The van der Waals surface area contributed by atoms with Crippen molar-refractivity contribution >= 4 is 17.4 Å². The minimum atomic E-state index is -0.761. The minimum absolute atomic E-state index is 0.00891. The summed E-state index contributed by atoms with van der Waals surface area (Å²) in [5.74, 6) is -1.42. The fraction of sp³-hybridized carbons (Fsp3) is 0.273. The normalized spacial score (nSPS) is 18.6. The summed E-state index contributed by atoms with van der Waals surface area (Å²) in [7, 11) is 1.55. The van der Waals surface area contributed by atoms with Crippen LogP contribution in [0, 0.1) is 12.7 Å². The number of aryl methyl sites for hydroxylation is 1. The lowest BCUT2D eigenvalue weighted by Gasteiger charge is -2.24. The lowest BCUT2D eigenvalue weighted by molar-refractivity contribution is -0.139. The topological polar surface area (TPSA) is 66.8 Å². The Morgan fingerprint density at radius 3 is 2.43 bits per heavy atom. The molecule has 0 saturated carbocycles. The summed E-state index contributed by atoms with van der Waals surface area (Å²) in [5.41, 5.74) is 1.78. The van der Waals surface area contributed by atoms with Crippen molar-refractivity contribution in [2.45, 2.75) is 26.3 Å². The molecule has 1 heterocycles. The number of halogens is 1. The lowest BCUT2D eigenvalue weighted by Crippen LogP contribution is -2.30. The van der Waals surface area contributed by atoms with Gasteiger partial charge in [-0.15, -0.1) is 0 Å². The average molecular weight is 383 g/mol. The third-order valence-corrected chi connectivity index (χ3v) is 4.86. The van der Waals surface area contributed by atoms with Crippen molar-refractivity contribution in [3.8, 4) is 5.75 Å². The number of hydrogen-bond acceptors (Lipinski definition) is 4. The van der Waals surface area contributed by atoms with Crippen LogP contribution in [0.4, 0.5) is 4.39 Å². The van der Waals surface area contributed by atoms with E-state index >= 15 is 0 Å². The van der Waals surface area contributed by atoms with Crippen molar-refractivity contribution in [3.05, 3.63) is 70.5 Å². The number of hydrogen-bond donors (Lipinski definition) is 1. The summed E-state index contributed by atoms with van der Waals surface area (Å²) in [4.78, 5) is 26.8. The smallest absolute Gasteiger partial charge is 0.295 e. The van der Waals surface area contributed by atoms with Gasteiger partial charge in [-0.25, -0.2) is 4.39 Å². The Labute approximate surface area is 163 Å². The molecule has 0 radical (unpaired) electrons. The second kappa shape index (κ2) is 7.84. The van der Waals surface area contributed by atoms with Gasteiger partial charge in [0, 0.05) is 12.1 Å². The quantitative estimate of drug-likeness (QED) is 0.482. The number of rotatable bonds is 5. The predicted octanol–water partition coefficient (Wildman–Crippen LogP) is 3.97. The summed E-state index contributed by atoms with van der Waals surface area (Å²) in [6, 6.07) is 9.88. The van der Waals surface area contributed by atoms with E-state index in [1.807, 2.05) is 13.8 Å². The number of ketones is 1. The summed E-state index contributed by atoms with van der Waals surface area (Å²) >= 11 is 0. The van der Waals surface area contributed by atoms with E-state index < -0.39 is 23.5 Å². The van der Waals surface area contributed by atoms with Gasteiger partial charge in [0.1, 0.15) is 17.3 Å². The Balaban J connectivity index is 2.17. The molecule has 0 bridgehead atoms. The molecule has 1 amide bonds. The zero-order chi connectivity index (χ0) is 20.4. The number of Topliss-reactive ketones (excluding diaryl/α,β-unsaturated/α-hetero) is 1. The van der Waals surface area contributed by atoms with Crippen molar-refractivity contribution in [2.75, 3.05) is 13.7 Å². The molecule has 1 atom stereocenters. The second-order valence-corrected chi connectivity index (χ2v) is 6.73. The number of nitrogens with zero attached hydrogens (tertiary/aromatic N) is 1. The van der Waals surface area contributed by atoms with Gasteiger partial charge in [-0.3, -0.25) is 9.59 Å². The average Bonchev–Trinajstić information content (AvgIpc) is 2.93. The van der Waals surface area contributed by atoms with E-state index in [2.05, 4.69) is 0 Å². The first-order valence-corrected chi connectivity index (χ1v) is 9.08. The molecular formula is C22H22FNO4. The number of benzene rings is 2. The number of likely N-dealkylation sites (tertiary alicyclic amines) is 1. The van der Waals surface area contributed by atoms with Gasteiger partial charge in [-0.2, -0.15) is 0 Å². The third-order valence-electron chi connectivity index (χ3n) is 4.86. The van der Waals surface area contributed by atoms with E-state index in [1.165, 1.54) is 29.2 Å². The van der Waals surface area contributed by atoms with E-state index in [0.29, 0.717) is 29.8 Å². The lowest BCUT2D eigenvalue weighted by atomic mass is 9.94.